The number of nitrogens with zero attached hydrogens (tertiary/aromatic N) is 2. The number of nitrogens with one attached hydrogen (secondary N) is 2. The summed E-state index contributed by atoms with van der Waals surface area (Å²) in [7, 11) is 1.56. The lowest BCUT2D eigenvalue weighted by Crippen LogP contribution is -2.26. The molecule has 0 spiro atoms. The van der Waals surface area contributed by atoms with E-state index in [1.54, 1.807) is 19.2 Å². The van der Waals surface area contributed by atoms with Crippen LogP contribution in [-0.2, 0) is 0 Å². The second-order valence-corrected chi connectivity index (χ2v) is 5.23. The van der Waals surface area contributed by atoms with Crippen molar-refractivity contribution < 1.29 is 9.53 Å². The van der Waals surface area contributed by atoms with Gasteiger partial charge in [-0.1, -0.05) is 19.1 Å². The van der Waals surface area contributed by atoms with Crippen LogP contribution >= 0.6 is 0 Å². The Morgan fingerprint density at radius 3 is 2.70 bits per heavy atom. The van der Waals surface area contributed by atoms with Crippen LogP contribution in [0, 0.1) is 6.92 Å². The fourth-order valence-corrected chi connectivity index (χ4v) is 2.04. The van der Waals surface area contributed by atoms with Crippen molar-refractivity contribution >= 4 is 11.7 Å². The predicted molar refractivity (Wildman–Crippen MR) is 89.8 cm³/mol. The molecular formula is C17H22N4O2. The molecule has 0 fully saturated rings. The summed E-state index contributed by atoms with van der Waals surface area (Å²) in [4.78, 5) is 11.4. The lowest BCUT2D eigenvalue weighted by Gasteiger charge is -2.18. The molecule has 6 heteroatoms. The lowest BCUT2D eigenvalue weighted by atomic mass is 10.2. The highest BCUT2D eigenvalue weighted by Crippen LogP contribution is 2.15. The SMILES string of the molecule is CCC(CNc1ccc(C(=O)NC)nn1)Oc1cccc(C)c1. The maximum atomic E-state index is 11.4. The van der Waals surface area contributed by atoms with Crippen molar-refractivity contribution in [3.63, 3.8) is 0 Å². The average molecular weight is 314 g/mol. The van der Waals surface area contributed by atoms with Gasteiger partial charge in [-0.2, -0.15) is 0 Å². The first kappa shape index (κ1) is 16.7. The Morgan fingerprint density at radius 2 is 2.09 bits per heavy atom. The minimum absolute atomic E-state index is 0.0252. The Kier molecular flexibility index (Phi) is 5.91. The summed E-state index contributed by atoms with van der Waals surface area (Å²) in [5.74, 6) is 1.22. The van der Waals surface area contributed by atoms with E-state index in [0.29, 0.717) is 18.1 Å². The molecule has 0 aliphatic heterocycles. The molecule has 0 aliphatic carbocycles. The Balaban J connectivity index is 1.91. The van der Waals surface area contributed by atoms with Gasteiger partial charge in [0.1, 0.15) is 17.7 Å². The van der Waals surface area contributed by atoms with Gasteiger partial charge >= 0.3 is 0 Å². The van der Waals surface area contributed by atoms with Gasteiger partial charge in [0.05, 0.1) is 6.54 Å². The number of hydrogen-bond donors (Lipinski definition) is 2. The number of rotatable bonds is 7. The molecule has 0 saturated heterocycles. The highest BCUT2D eigenvalue weighted by atomic mass is 16.5. The molecule has 1 aromatic carbocycles. The zero-order chi connectivity index (χ0) is 16.7. The molecule has 1 heterocycles. The molecule has 1 unspecified atom stereocenters. The summed E-state index contributed by atoms with van der Waals surface area (Å²) in [6.07, 6.45) is 0.891. The van der Waals surface area contributed by atoms with Crippen molar-refractivity contribution in [1.82, 2.24) is 15.5 Å². The Bertz CT molecular complexity index is 643. The van der Waals surface area contributed by atoms with Gasteiger partial charge in [-0.15, -0.1) is 10.2 Å². The molecule has 0 saturated carbocycles. The number of carbonyl (C=O) groups is 1. The largest absolute Gasteiger partial charge is 0.489 e. The molecule has 23 heavy (non-hydrogen) atoms. The molecule has 122 valence electrons. The van der Waals surface area contributed by atoms with E-state index >= 15 is 0 Å². The molecule has 0 bridgehead atoms. The van der Waals surface area contributed by atoms with E-state index < -0.39 is 0 Å². The fraction of sp³-hybridized carbons (Fsp3) is 0.353. The van der Waals surface area contributed by atoms with Crippen molar-refractivity contribution in [2.24, 2.45) is 0 Å². The lowest BCUT2D eigenvalue weighted by molar-refractivity contribution is 0.0957. The van der Waals surface area contributed by atoms with E-state index in [2.05, 4.69) is 27.8 Å². The number of anilines is 1. The zero-order valence-corrected chi connectivity index (χ0v) is 13.7. The van der Waals surface area contributed by atoms with Gasteiger partial charge in [0, 0.05) is 7.05 Å². The summed E-state index contributed by atoms with van der Waals surface area (Å²) in [6, 6.07) is 11.4. The maximum Gasteiger partial charge on any atom is 0.271 e. The number of carbonyl (C=O) groups excluding carboxylic acids is 1. The van der Waals surface area contributed by atoms with Crippen molar-refractivity contribution in [3.8, 4) is 5.75 Å². The second kappa shape index (κ2) is 8.12. The summed E-state index contributed by atoms with van der Waals surface area (Å²) in [5.41, 5.74) is 1.46. The number of hydrogen-bond acceptors (Lipinski definition) is 5. The molecule has 1 atom stereocenters. The van der Waals surface area contributed by atoms with Crippen LogP contribution in [0.5, 0.6) is 5.75 Å². The summed E-state index contributed by atoms with van der Waals surface area (Å²) < 4.78 is 5.97. The van der Waals surface area contributed by atoms with Crippen molar-refractivity contribution in [2.75, 3.05) is 18.9 Å². The highest BCUT2D eigenvalue weighted by molar-refractivity contribution is 5.91. The minimum atomic E-state index is -0.252. The molecule has 1 amide bonds. The van der Waals surface area contributed by atoms with Gasteiger partial charge < -0.3 is 15.4 Å². The van der Waals surface area contributed by atoms with Crippen LogP contribution in [0.3, 0.4) is 0 Å². The minimum Gasteiger partial charge on any atom is -0.489 e. The summed E-state index contributed by atoms with van der Waals surface area (Å²) in [6.45, 7) is 4.72. The van der Waals surface area contributed by atoms with Gasteiger partial charge in [-0.3, -0.25) is 4.79 Å². The number of aromatic nitrogens is 2. The monoisotopic (exact) mass is 314 g/mol. The van der Waals surface area contributed by atoms with E-state index in [-0.39, 0.29) is 12.0 Å². The van der Waals surface area contributed by atoms with E-state index in [1.807, 2.05) is 31.2 Å². The van der Waals surface area contributed by atoms with Crippen LogP contribution in [0.1, 0.15) is 29.4 Å². The number of aryl methyl sites for hydroxylation is 1. The third-order valence-corrected chi connectivity index (χ3v) is 3.38. The molecule has 2 N–H and O–H groups in total. The number of benzene rings is 1. The van der Waals surface area contributed by atoms with E-state index in [0.717, 1.165) is 12.2 Å². The standard InChI is InChI=1S/C17H22N4O2/c1-4-13(23-14-7-5-6-12(2)10-14)11-19-16-9-8-15(20-21-16)17(22)18-3/h5-10,13H,4,11H2,1-3H3,(H,18,22)(H,19,21). The Morgan fingerprint density at radius 1 is 1.26 bits per heavy atom. The van der Waals surface area contributed by atoms with Gasteiger partial charge in [-0.25, -0.2) is 0 Å². The predicted octanol–water partition coefficient (Wildman–Crippen LogP) is 2.41. The first-order chi connectivity index (χ1) is 11.1. The molecule has 0 radical (unpaired) electrons. The van der Waals surface area contributed by atoms with E-state index in [1.165, 1.54) is 5.56 Å². The first-order valence-electron chi connectivity index (χ1n) is 7.65. The van der Waals surface area contributed by atoms with E-state index in [4.69, 9.17) is 4.74 Å². The van der Waals surface area contributed by atoms with Gasteiger partial charge in [0.2, 0.25) is 0 Å². The van der Waals surface area contributed by atoms with Crippen LogP contribution in [0.4, 0.5) is 5.82 Å². The summed E-state index contributed by atoms with van der Waals surface area (Å²) >= 11 is 0. The Hall–Kier alpha value is -2.63. The normalized spacial score (nSPS) is 11.6. The molecule has 0 aliphatic rings. The second-order valence-electron chi connectivity index (χ2n) is 5.23. The van der Waals surface area contributed by atoms with Crippen molar-refractivity contribution in [1.29, 1.82) is 0 Å². The fourth-order valence-electron chi connectivity index (χ4n) is 2.04. The number of ether oxygens (including phenoxy) is 1. The quantitative estimate of drug-likeness (QED) is 0.821. The zero-order valence-electron chi connectivity index (χ0n) is 13.7. The summed E-state index contributed by atoms with van der Waals surface area (Å²) in [5, 5.41) is 13.6. The first-order valence-corrected chi connectivity index (χ1v) is 7.65. The number of amides is 1. The van der Waals surface area contributed by atoms with Crippen molar-refractivity contribution in [2.45, 2.75) is 26.4 Å². The van der Waals surface area contributed by atoms with Crippen LogP contribution in [0.15, 0.2) is 36.4 Å². The van der Waals surface area contributed by atoms with Gasteiger partial charge in [0.25, 0.3) is 5.91 Å². The van der Waals surface area contributed by atoms with Crippen LogP contribution in [0.25, 0.3) is 0 Å². The van der Waals surface area contributed by atoms with Crippen molar-refractivity contribution in [3.05, 3.63) is 47.7 Å². The topological polar surface area (TPSA) is 76.1 Å². The molecule has 2 rings (SSSR count). The molecule has 2 aromatic rings. The average Bonchev–Trinajstić information content (AvgIpc) is 2.58. The van der Waals surface area contributed by atoms with E-state index in [9.17, 15) is 4.79 Å². The maximum absolute atomic E-state index is 11.4. The molecule has 1 aromatic heterocycles. The smallest absolute Gasteiger partial charge is 0.271 e. The van der Waals surface area contributed by atoms with Crippen LogP contribution in [0.2, 0.25) is 0 Å². The van der Waals surface area contributed by atoms with Gasteiger partial charge in [-0.05, 0) is 43.2 Å². The molecular weight excluding hydrogens is 292 g/mol. The Labute approximate surface area is 136 Å². The molecule has 6 nitrogen and oxygen atoms in total. The van der Waals surface area contributed by atoms with Gasteiger partial charge in [0.15, 0.2) is 5.69 Å². The van der Waals surface area contributed by atoms with Crippen LogP contribution in [-0.4, -0.2) is 35.8 Å². The third-order valence-electron chi connectivity index (χ3n) is 3.38. The van der Waals surface area contributed by atoms with Crippen LogP contribution < -0.4 is 15.4 Å². The third kappa shape index (κ3) is 4.95. The highest BCUT2D eigenvalue weighted by Gasteiger charge is 2.10.